The molecule has 3 rings (SSSR count). The predicted molar refractivity (Wildman–Crippen MR) is 101 cm³/mol. The number of carbonyl (C=O) groups is 2. The van der Waals surface area contributed by atoms with E-state index in [0.717, 1.165) is 11.1 Å². The summed E-state index contributed by atoms with van der Waals surface area (Å²) in [6.45, 7) is 0.315. The molecule has 0 fully saturated rings. The van der Waals surface area contributed by atoms with Crippen molar-refractivity contribution < 1.29 is 9.59 Å². The first-order chi connectivity index (χ1) is 12.7. The third-order valence-corrected chi connectivity index (χ3v) is 3.86. The van der Waals surface area contributed by atoms with E-state index < -0.39 is 0 Å². The maximum Gasteiger partial charge on any atom is 0.253 e. The normalized spacial score (nSPS) is 10.2. The Morgan fingerprint density at radius 2 is 1.65 bits per heavy atom. The third kappa shape index (κ3) is 4.77. The summed E-state index contributed by atoms with van der Waals surface area (Å²) in [6.07, 6.45) is 3.44. The zero-order chi connectivity index (χ0) is 18.2. The summed E-state index contributed by atoms with van der Waals surface area (Å²) in [5.41, 5.74) is 2.98. The van der Waals surface area contributed by atoms with Crippen LogP contribution in [0.5, 0.6) is 0 Å². The topological polar surface area (TPSA) is 71.1 Å². The van der Waals surface area contributed by atoms with Gasteiger partial charge in [0.15, 0.2) is 0 Å². The molecule has 0 atom stereocenters. The van der Waals surface area contributed by atoms with Crippen molar-refractivity contribution >= 4 is 17.5 Å². The molecule has 1 aromatic heterocycles. The summed E-state index contributed by atoms with van der Waals surface area (Å²) >= 11 is 0. The van der Waals surface area contributed by atoms with E-state index in [4.69, 9.17) is 0 Å². The van der Waals surface area contributed by atoms with E-state index in [1.807, 2.05) is 54.6 Å². The van der Waals surface area contributed by atoms with E-state index in [-0.39, 0.29) is 11.8 Å². The summed E-state index contributed by atoms with van der Waals surface area (Å²) in [6, 6.07) is 20.4. The maximum atomic E-state index is 12.3. The molecule has 26 heavy (non-hydrogen) atoms. The lowest BCUT2D eigenvalue weighted by molar-refractivity contribution is -0.115. The Balaban J connectivity index is 1.62. The molecule has 1 heterocycles. The second-order valence-corrected chi connectivity index (χ2v) is 5.79. The summed E-state index contributed by atoms with van der Waals surface area (Å²) in [7, 11) is 0. The molecular weight excluding hydrogens is 326 g/mol. The van der Waals surface area contributed by atoms with Gasteiger partial charge >= 0.3 is 0 Å². The van der Waals surface area contributed by atoms with E-state index >= 15 is 0 Å². The van der Waals surface area contributed by atoms with Gasteiger partial charge in [-0.05, 0) is 29.3 Å². The molecule has 5 nitrogen and oxygen atoms in total. The lowest BCUT2D eigenvalue weighted by Crippen LogP contribution is -2.24. The number of pyridine rings is 1. The van der Waals surface area contributed by atoms with Crippen molar-refractivity contribution in [3.63, 3.8) is 0 Å². The van der Waals surface area contributed by atoms with Gasteiger partial charge in [0.25, 0.3) is 5.91 Å². The van der Waals surface area contributed by atoms with Crippen LogP contribution in [0, 0.1) is 0 Å². The van der Waals surface area contributed by atoms with Gasteiger partial charge in [-0.3, -0.25) is 14.6 Å². The maximum absolute atomic E-state index is 12.3. The van der Waals surface area contributed by atoms with E-state index in [2.05, 4.69) is 15.6 Å². The minimum absolute atomic E-state index is 0.0952. The van der Waals surface area contributed by atoms with Gasteiger partial charge in [0, 0.05) is 24.6 Å². The summed E-state index contributed by atoms with van der Waals surface area (Å²) in [5, 5.41) is 5.77. The van der Waals surface area contributed by atoms with Crippen LogP contribution in [0.1, 0.15) is 21.5 Å². The SMILES string of the molecule is O=C(Cc1ccccc1)Nc1ccccc1CNC(=O)c1cccnc1. The summed E-state index contributed by atoms with van der Waals surface area (Å²) < 4.78 is 0. The number of nitrogens with one attached hydrogen (secondary N) is 2. The molecule has 0 bridgehead atoms. The molecule has 0 aliphatic rings. The predicted octanol–water partition coefficient (Wildman–Crippen LogP) is 3.19. The average molecular weight is 345 g/mol. The summed E-state index contributed by atoms with van der Waals surface area (Å²) in [5.74, 6) is -0.300. The Morgan fingerprint density at radius 1 is 0.885 bits per heavy atom. The van der Waals surface area contributed by atoms with Gasteiger partial charge in [0.2, 0.25) is 5.91 Å². The number of rotatable bonds is 6. The number of aromatic nitrogens is 1. The minimum atomic E-state index is -0.205. The first-order valence-electron chi connectivity index (χ1n) is 8.32. The van der Waals surface area contributed by atoms with E-state index in [0.29, 0.717) is 24.2 Å². The molecule has 5 heteroatoms. The number of hydrogen-bond donors (Lipinski definition) is 2. The fourth-order valence-electron chi connectivity index (χ4n) is 2.55. The Morgan fingerprint density at radius 3 is 2.42 bits per heavy atom. The highest BCUT2D eigenvalue weighted by atomic mass is 16.2. The van der Waals surface area contributed by atoms with Gasteiger partial charge in [-0.2, -0.15) is 0 Å². The van der Waals surface area contributed by atoms with Gasteiger partial charge in [-0.1, -0.05) is 48.5 Å². The first-order valence-corrected chi connectivity index (χ1v) is 8.32. The van der Waals surface area contributed by atoms with Crippen LogP contribution in [-0.2, 0) is 17.8 Å². The van der Waals surface area contributed by atoms with E-state index in [9.17, 15) is 9.59 Å². The fourth-order valence-corrected chi connectivity index (χ4v) is 2.55. The second kappa shape index (κ2) is 8.58. The van der Waals surface area contributed by atoms with Gasteiger partial charge in [0.1, 0.15) is 0 Å². The molecule has 0 saturated carbocycles. The van der Waals surface area contributed by atoms with Crippen LogP contribution in [-0.4, -0.2) is 16.8 Å². The van der Waals surface area contributed by atoms with Crippen LogP contribution in [0.15, 0.2) is 79.1 Å². The van der Waals surface area contributed by atoms with Crippen LogP contribution in [0.3, 0.4) is 0 Å². The molecule has 2 N–H and O–H groups in total. The number of nitrogens with zero attached hydrogens (tertiary/aromatic N) is 1. The van der Waals surface area contributed by atoms with Crippen molar-refractivity contribution in [3.05, 3.63) is 95.8 Å². The largest absolute Gasteiger partial charge is 0.348 e. The van der Waals surface area contributed by atoms with Crippen LogP contribution >= 0.6 is 0 Å². The third-order valence-electron chi connectivity index (χ3n) is 3.86. The Kier molecular flexibility index (Phi) is 5.72. The van der Waals surface area contributed by atoms with Gasteiger partial charge in [0.05, 0.1) is 12.0 Å². The van der Waals surface area contributed by atoms with E-state index in [1.54, 1.807) is 18.3 Å². The Hall–Kier alpha value is -3.47. The van der Waals surface area contributed by atoms with Crippen LogP contribution in [0.2, 0.25) is 0 Å². The van der Waals surface area contributed by atoms with Crippen LogP contribution < -0.4 is 10.6 Å². The van der Waals surface area contributed by atoms with Crippen LogP contribution in [0.25, 0.3) is 0 Å². The standard InChI is InChI=1S/C21H19N3O2/c25-20(13-16-7-2-1-3-8-16)24-19-11-5-4-9-17(19)15-23-21(26)18-10-6-12-22-14-18/h1-12,14H,13,15H2,(H,23,26)(H,24,25). The fraction of sp³-hybridized carbons (Fsp3) is 0.0952. The van der Waals surface area contributed by atoms with Crippen LogP contribution in [0.4, 0.5) is 5.69 Å². The molecule has 0 spiro atoms. The van der Waals surface area contributed by atoms with Gasteiger partial charge in [-0.15, -0.1) is 0 Å². The number of benzene rings is 2. The smallest absolute Gasteiger partial charge is 0.253 e. The van der Waals surface area contributed by atoms with Crippen molar-refractivity contribution in [2.75, 3.05) is 5.32 Å². The zero-order valence-electron chi connectivity index (χ0n) is 14.2. The quantitative estimate of drug-likeness (QED) is 0.721. The number of amides is 2. The monoisotopic (exact) mass is 345 g/mol. The first kappa shape index (κ1) is 17.4. The molecule has 2 aromatic carbocycles. The zero-order valence-corrected chi connectivity index (χ0v) is 14.2. The Labute approximate surface area is 152 Å². The van der Waals surface area contributed by atoms with E-state index in [1.165, 1.54) is 6.20 Å². The molecule has 0 unspecified atom stereocenters. The van der Waals surface area contributed by atoms with Gasteiger partial charge < -0.3 is 10.6 Å². The highest BCUT2D eigenvalue weighted by Gasteiger charge is 2.09. The molecule has 0 saturated heterocycles. The highest BCUT2D eigenvalue weighted by Crippen LogP contribution is 2.15. The molecule has 0 aliphatic heterocycles. The number of para-hydroxylation sites is 1. The van der Waals surface area contributed by atoms with Crippen molar-refractivity contribution in [1.29, 1.82) is 0 Å². The summed E-state index contributed by atoms with van der Waals surface area (Å²) in [4.78, 5) is 28.4. The lowest BCUT2D eigenvalue weighted by Gasteiger charge is -2.12. The molecule has 2 amide bonds. The molecular formula is C21H19N3O2. The van der Waals surface area contributed by atoms with Crippen molar-refractivity contribution in [2.24, 2.45) is 0 Å². The number of anilines is 1. The molecule has 3 aromatic rings. The average Bonchev–Trinajstić information content (AvgIpc) is 2.68. The highest BCUT2D eigenvalue weighted by molar-refractivity contribution is 5.94. The Bertz CT molecular complexity index is 880. The lowest BCUT2D eigenvalue weighted by atomic mass is 10.1. The molecule has 130 valence electrons. The van der Waals surface area contributed by atoms with Crippen molar-refractivity contribution in [2.45, 2.75) is 13.0 Å². The number of carbonyl (C=O) groups excluding carboxylic acids is 2. The second-order valence-electron chi connectivity index (χ2n) is 5.79. The minimum Gasteiger partial charge on any atom is -0.348 e. The molecule has 0 aliphatic carbocycles. The van der Waals surface area contributed by atoms with Gasteiger partial charge in [-0.25, -0.2) is 0 Å². The molecule has 0 radical (unpaired) electrons. The van der Waals surface area contributed by atoms with Crippen molar-refractivity contribution in [1.82, 2.24) is 10.3 Å². The number of hydrogen-bond acceptors (Lipinski definition) is 3. The van der Waals surface area contributed by atoms with Crippen molar-refractivity contribution in [3.8, 4) is 0 Å².